The van der Waals surface area contributed by atoms with Gasteiger partial charge in [0.2, 0.25) is 11.8 Å². The van der Waals surface area contributed by atoms with Gasteiger partial charge in [-0.05, 0) is 29.2 Å². The minimum Gasteiger partial charge on any atom is -0.497 e. The number of ether oxygens (including phenoxy) is 1. The number of rotatable bonds is 7. The monoisotopic (exact) mass is 394 g/mol. The van der Waals surface area contributed by atoms with Gasteiger partial charge in [-0.3, -0.25) is 9.59 Å². The summed E-state index contributed by atoms with van der Waals surface area (Å²) in [5.74, 6) is 0.984. The van der Waals surface area contributed by atoms with Gasteiger partial charge in [-0.25, -0.2) is 0 Å². The van der Waals surface area contributed by atoms with Gasteiger partial charge in [-0.2, -0.15) is 0 Å². The summed E-state index contributed by atoms with van der Waals surface area (Å²) in [4.78, 5) is 27.6. The molecule has 1 aliphatic rings. The van der Waals surface area contributed by atoms with E-state index in [0.29, 0.717) is 32.0 Å². The topological polar surface area (TPSA) is 58.6 Å². The summed E-state index contributed by atoms with van der Waals surface area (Å²) in [7, 11) is 1.64. The Balaban J connectivity index is 1.77. The summed E-state index contributed by atoms with van der Waals surface area (Å²) in [6, 6.07) is 17.6. The standard InChI is InChI=1S/C24H30N2O3/c1-17(2)14-25-24(28)22-16-26(23(27)13-18-7-5-4-6-8-18)15-21(22)19-9-11-20(29-3)12-10-19/h4-12,17,21-22H,13-16H2,1-3H3,(H,25,28)/t21-,22-/m1/s1. The first kappa shape index (κ1) is 20.9. The number of carbonyl (C=O) groups is 2. The minimum atomic E-state index is -0.248. The highest BCUT2D eigenvalue weighted by Gasteiger charge is 2.40. The van der Waals surface area contributed by atoms with E-state index in [1.165, 1.54) is 0 Å². The van der Waals surface area contributed by atoms with Crippen LogP contribution in [0.2, 0.25) is 0 Å². The zero-order chi connectivity index (χ0) is 20.8. The summed E-state index contributed by atoms with van der Waals surface area (Å²) in [5.41, 5.74) is 2.05. The molecule has 1 N–H and O–H groups in total. The van der Waals surface area contributed by atoms with Gasteiger partial charge >= 0.3 is 0 Å². The number of carbonyl (C=O) groups excluding carboxylic acids is 2. The number of nitrogens with zero attached hydrogens (tertiary/aromatic N) is 1. The minimum absolute atomic E-state index is 0.0206. The molecule has 0 aliphatic carbocycles. The zero-order valence-corrected chi connectivity index (χ0v) is 17.4. The second-order valence-electron chi connectivity index (χ2n) is 8.09. The predicted octanol–water partition coefficient (Wildman–Crippen LogP) is 3.25. The van der Waals surface area contributed by atoms with E-state index >= 15 is 0 Å². The van der Waals surface area contributed by atoms with Crippen LogP contribution in [0.1, 0.15) is 30.9 Å². The van der Waals surface area contributed by atoms with Crippen molar-refractivity contribution in [2.24, 2.45) is 11.8 Å². The van der Waals surface area contributed by atoms with E-state index in [1.54, 1.807) is 7.11 Å². The van der Waals surface area contributed by atoms with Gasteiger partial charge in [0.05, 0.1) is 19.4 Å². The highest BCUT2D eigenvalue weighted by Crippen LogP contribution is 2.34. The Morgan fingerprint density at radius 1 is 1.07 bits per heavy atom. The number of benzene rings is 2. The number of nitrogens with one attached hydrogen (secondary N) is 1. The molecule has 2 aromatic rings. The molecule has 1 saturated heterocycles. The molecule has 0 saturated carbocycles. The molecule has 0 aromatic heterocycles. The van der Waals surface area contributed by atoms with E-state index in [-0.39, 0.29) is 23.7 Å². The number of hydrogen-bond donors (Lipinski definition) is 1. The lowest BCUT2D eigenvalue weighted by Crippen LogP contribution is -2.37. The smallest absolute Gasteiger partial charge is 0.227 e. The Bertz CT molecular complexity index is 818. The maximum absolute atomic E-state index is 12.9. The maximum Gasteiger partial charge on any atom is 0.227 e. The molecular weight excluding hydrogens is 364 g/mol. The first-order valence-corrected chi connectivity index (χ1v) is 10.2. The van der Waals surface area contributed by atoms with E-state index in [2.05, 4.69) is 19.2 Å². The maximum atomic E-state index is 12.9. The fraction of sp³-hybridized carbons (Fsp3) is 0.417. The Labute approximate surface area is 173 Å². The lowest BCUT2D eigenvalue weighted by molar-refractivity contribution is -0.130. The molecule has 1 heterocycles. The SMILES string of the molecule is COc1ccc([C@H]2CN(C(=O)Cc3ccccc3)C[C@H]2C(=O)NCC(C)C)cc1. The van der Waals surface area contributed by atoms with Crippen LogP contribution in [0.3, 0.4) is 0 Å². The van der Waals surface area contributed by atoms with E-state index in [0.717, 1.165) is 16.9 Å². The van der Waals surface area contributed by atoms with Gasteiger partial charge in [0.1, 0.15) is 5.75 Å². The van der Waals surface area contributed by atoms with Crippen LogP contribution in [0, 0.1) is 11.8 Å². The van der Waals surface area contributed by atoms with Crippen LogP contribution in [0.15, 0.2) is 54.6 Å². The van der Waals surface area contributed by atoms with Crippen LogP contribution in [0.4, 0.5) is 0 Å². The highest BCUT2D eigenvalue weighted by molar-refractivity contribution is 5.84. The number of likely N-dealkylation sites (tertiary alicyclic amines) is 1. The van der Waals surface area contributed by atoms with Gasteiger partial charge in [0.25, 0.3) is 0 Å². The Morgan fingerprint density at radius 3 is 2.38 bits per heavy atom. The summed E-state index contributed by atoms with van der Waals surface area (Å²) >= 11 is 0. The molecule has 3 rings (SSSR count). The Morgan fingerprint density at radius 2 is 1.76 bits per heavy atom. The molecule has 1 aliphatic heterocycles. The fourth-order valence-electron chi connectivity index (χ4n) is 3.78. The van der Waals surface area contributed by atoms with Crippen molar-refractivity contribution < 1.29 is 14.3 Å². The lowest BCUT2D eigenvalue weighted by Gasteiger charge is -2.19. The average Bonchev–Trinajstić information content (AvgIpc) is 3.18. The van der Waals surface area contributed by atoms with Crippen LogP contribution >= 0.6 is 0 Å². The highest BCUT2D eigenvalue weighted by atomic mass is 16.5. The molecule has 5 heteroatoms. The van der Waals surface area contributed by atoms with Crippen molar-refractivity contribution in [1.82, 2.24) is 10.2 Å². The molecule has 29 heavy (non-hydrogen) atoms. The number of amides is 2. The first-order chi connectivity index (χ1) is 14.0. The van der Waals surface area contributed by atoms with E-state index < -0.39 is 0 Å². The normalized spacial score (nSPS) is 18.7. The Hall–Kier alpha value is -2.82. The van der Waals surface area contributed by atoms with E-state index in [9.17, 15) is 9.59 Å². The van der Waals surface area contributed by atoms with Crippen LogP contribution in [-0.2, 0) is 16.0 Å². The third-order valence-electron chi connectivity index (χ3n) is 5.44. The van der Waals surface area contributed by atoms with Crippen LogP contribution in [0.5, 0.6) is 5.75 Å². The molecule has 154 valence electrons. The van der Waals surface area contributed by atoms with Crippen molar-refractivity contribution in [2.45, 2.75) is 26.2 Å². The van der Waals surface area contributed by atoms with E-state index in [4.69, 9.17) is 4.74 Å². The molecule has 2 aromatic carbocycles. The lowest BCUT2D eigenvalue weighted by atomic mass is 9.88. The second kappa shape index (κ2) is 9.59. The quantitative estimate of drug-likeness (QED) is 0.784. The molecule has 0 unspecified atom stereocenters. The second-order valence-corrected chi connectivity index (χ2v) is 8.09. The van der Waals surface area contributed by atoms with Crippen molar-refractivity contribution in [3.63, 3.8) is 0 Å². The van der Waals surface area contributed by atoms with Crippen molar-refractivity contribution in [2.75, 3.05) is 26.7 Å². The van der Waals surface area contributed by atoms with Gasteiger partial charge in [0.15, 0.2) is 0 Å². The van der Waals surface area contributed by atoms with Crippen molar-refractivity contribution in [3.05, 3.63) is 65.7 Å². The van der Waals surface area contributed by atoms with Crippen molar-refractivity contribution in [1.29, 1.82) is 0 Å². The van der Waals surface area contributed by atoms with Gasteiger partial charge in [0, 0.05) is 25.6 Å². The van der Waals surface area contributed by atoms with Crippen molar-refractivity contribution >= 4 is 11.8 Å². The molecule has 1 fully saturated rings. The largest absolute Gasteiger partial charge is 0.497 e. The molecule has 2 atom stereocenters. The summed E-state index contributed by atoms with van der Waals surface area (Å²) < 4.78 is 5.25. The first-order valence-electron chi connectivity index (χ1n) is 10.2. The molecule has 0 spiro atoms. The predicted molar refractivity (Wildman–Crippen MR) is 114 cm³/mol. The average molecular weight is 395 g/mol. The molecule has 5 nitrogen and oxygen atoms in total. The third kappa shape index (κ3) is 5.37. The Kier molecular flexibility index (Phi) is 6.91. The number of methoxy groups -OCH3 is 1. The van der Waals surface area contributed by atoms with Gasteiger partial charge < -0.3 is 15.0 Å². The van der Waals surface area contributed by atoms with Gasteiger partial charge in [-0.15, -0.1) is 0 Å². The fourth-order valence-corrected chi connectivity index (χ4v) is 3.78. The molecule has 0 radical (unpaired) electrons. The molecule has 2 amide bonds. The van der Waals surface area contributed by atoms with Crippen LogP contribution in [-0.4, -0.2) is 43.5 Å². The zero-order valence-electron chi connectivity index (χ0n) is 17.4. The molecule has 0 bridgehead atoms. The number of hydrogen-bond acceptors (Lipinski definition) is 3. The van der Waals surface area contributed by atoms with Crippen molar-refractivity contribution in [3.8, 4) is 5.75 Å². The van der Waals surface area contributed by atoms with Crippen LogP contribution in [0.25, 0.3) is 0 Å². The summed E-state index contributed by atoms with van der Waals surface area (Å²) in [5, 5.41) is 3.05. The molecular formula is C24H30N2O3. The summed E-state index contributed by atoms with van der Waals surface area (Å²) in [6.07, 6.45) is 0.358. The summed E-state index contributed by atoms with van der Waals surface area (Å²) in [6.45, 7) is 5.80. The van der Waals surface area contributed by atoms with Gasteiger partial charge in [-0.1, -0.05) is 56.3 Å². The third-order valence-corrected chi connectivity index (χ3v) is 5.44. The van der Waals surface area contributed by atoms with E-state index in [1.807, 2.05) is 59.5 Å². The van der Waals surface area contributed by atoms with Crippen LogP contribution < -0.4 is 10.1 Å².